The predicted octanol–water partition coefficient (Wildman–Crippen LogP) is 4.30. The minimum Gasteiger partial charge on any atom is -0.496 e. The van der Waals surface area contributed by atoms with Crippen molar-refractivity contribution in [1.29, 1.82) is 0 Å². The van der Waals surface area contributed by atoms with E-state index in [2.05, 4.69) is 75.5 Å². The Balaban J connectivity index is 1.35. The SMILES string of the molecule is COc1ccccc1Cc1nc(C)c2n1CCN(Cc1nccn1-c1cccc(C)c1)C2. The van der Waals surface area contributed by atoms with Crippen LogP contribution in [0.3, 0.4) is 0 Å². The lowest BCUT2D eigenvalue weighted by molar-refractivity contribution is 0.205. The van der Waals surface area contributed by atoms with Gasteiger partial charge in [0.2, 0.25) is 0 Å². The maximum Gasteiger partial charge on any atom is 0.127 e. The molecule has 1 aliphatic heterocycles. The first-order valence-electron chi connectivity index (χ1n) is 11.1. The molecule has 0 aliphatic carbocycles. The van der Waals surface area contributed by atoms with Crippen molar-refractivity contribution in [1.82, 2.24) is 24.0 Å². The molecule has 5 rings (SSSR count). The van der Waals surface area contributed by atoms with Crippen LogP contribution in [-0.4, -0.2) is 37.7 Å². The van der Waals surface area contributed by atoms with Gasteiger partial charge in [0.1, 0.15) is 17.4 Å². The zero-order valence-electron chi connectivity index (χ0n) is 19.0. The summed E-state index contributed by atoms with van der Waals surface area (Å²) in [6.07, 6.45) is 4.72. The van der Waals surface area contributed by atoms with Crippen LogP contribution in [0.1, 0.15) is 34.2 Å². The monoisotopic (exact) mass is 427 g/mol. The third-order valence-corrected chi connectivity index (χ3v) is 6.27. The summed E-state index contributed by atoms with van der Waals surface area (Å²) in [5.41, 5.74) is 6.00. The molecular formula is C26H29N5O. The van der Waals surface area contributed by atoms with Crippen LogP contribution in [0, 0.1) is 13.8 Å². The van der Waals surface area contributed by atoms with Crippen molar-refractivity contribution in [3.63, 3.8) is 0 Å². The molecule has 0 atom stereocenters. The summed E-state index contributed by atoms with van der Waals surface area (Å²) in [7, 11) is 1.73. The number of hydrogen-bond acceptors (Lipinski definition) is 4. The van der Waals surface area contributed by atoms with Gasteiger partial charge in [-0.3, -0.25) is 4.90 Å². The van der Waals surface area contributed by atoms with Gasteiger partial charge in [-0.05, 0) is 37.6 Å². The van der Waals surface area contributed by atoms with E-state index in [-0.39, 0.29) is 0 Å². The van der Waals surface area contributed by atoms with Crippen molar-refractivity contribution in [2.75, 3.05) is 13.7 Å². The van der Waals surface area contributed by atoms with E-state index in [4.69, 9.17) is 9.72 Å². The Morgan fingerprint density at radius 2 is 1.88 bits per heavy atom. The molecular weight excluding hydrogens is 398 g/mol. The Hall–Kier alpha value is -3.38. The second-order valence-electron chi connectivity index (χ2n) is 8.46. The van der Waals surface area contributed by atoms with Crippen molar-refractivity contribution in [2.45, 2.75) is 39.9 Å². The molecule has 164 valence electrons. The number of hydrogen-bond donors (Lipinski definition) is 0. The Morgan fingerprint density at radius 1 is 1.00 bits per heavy atom. The first-order chi connectivity index (χ1) is 15.6. The quantitative estimate of drug-likeness (QED) is 0.460. The standard InChI is InChI=1S/C26H29N5O/c1-19-7-6-9-22(15-19)30-12-11-27-26(30)18-29-13-14-31-23(17-29)20(2)28-25(31)16-21-8-4-5-10-24(21)32-3/h4-12,15H,13-14,16-18H2,1-3H3. The van der Waals surface area contributed by atoms with Crippen molar-refractivity contribution in [3.8, 4) is 11.4 Å². The molecule has 0 fully saturated rings. The zero-order chi connectivity index (χ0) is 22.1. The Bertz CT molecular complexity index is 1240. The second kappa shape index (κ2) is 8.63. The molecule has 2 aromatic carbocycles. The molecule has 4 aromatic rings. The van der Waals surface area contributed by atoms with Gasteiger partial charge in [-0.15, -0.1) is 0 Å². The summed E-state index contributed by atoms with van der Waals surface area (Å²) in [5, 5.41) is 0. The third kappa shape index (κ3) is 3.94. The number of aromatic nitrogens is 4. The molecule has 0 saturated heterocycles. The number of benzene rings is 2. The fraction of sp³-hybridized carbons (Fsp3) is 0.308. The van der Waals surface area contributed by atoms with E-state index in [0.29, 0.717) is 0 Å². The predicted molar refractivity (Wildman–Crippen MR) is 125 cm³/mol. The molecule has 0 N–H and O–H groups in total. The van der Waals surface area contributed by atoms with Crippen molar-refractivity contribution in [2.24, 2.45) is 0 Å². The highest BCUT2D eigenvalue weighted by molar-refractivity contribution is 5.37. The molecule has 0 bridgehead atoms. The molecule has 2 aromatic heterocycles. The van der Waals surface area contributed by atoms with Crippen LogP contribution in [-0.2, 0) is 26.1 Å². The topological polar surface area (TPSA) is 48.1 Å². The highest BCUT2D eigenvalue weighted by Gasteiger charge is 2.24. The van der Waals surface area contributed by atoms with Crippen LogP contribution in [0.25, 0.3) is 5.69 Å². The molecule has 6 nitrogen and oxygen atoms in total. The maximum atomic E-state index is 5.54. The fourth-order valence-corrected chi connectivity index (χ4v) is 4.62. The van der Waals surface area contributed by atoms with Crippen LogP contribution in [0.4, 0.5) is 0 Å². The summed E-state index contributed by atoms with van der Waals surface area (Å²) >= 11 is 0. The number of imidazole rings is 2. The van der Waals surface area contributed by atoms with E-state index in [1.807, 2.05) is 18.3 Å². The Morgan fingerprint density at radius 3 is 2.72 bits per heavy atom. The molecule has 6 heteroatoms. The van der Waals surface area contributed by atoms with Gasteiger partial charge in [0.05, 0.1) is 25.0 Å². The number of ether oxygens (including phenoxy) is 1. The highest BCUT2D eigenvalue weighted by atomic mass is 16.5. The number of nitrogens with zero attached hydrogens (tertiary/aromatic N) is 5. The van der Waals surface area contributed by atoms with Crippen LogP contribution < -0.4 is 4.74 Å². The van der Waals surface area contributed by atoms with Crippen LogP contribution in [0.15, 0.2) is 60.9 Å². The summed E-state index contributed by atoms with van der Waals surface area (Å²) in [6.45, 7) is 7.85. The number of aryl methyl sites for hydroxylation is 2. The average Bonchev–Trinajstić information content (AvgIpc) is 3.38. The van der Waals surface area contributed by atoms with Gasteiger partial charge in [0.15, 0.2) is 0 Å². The largest absolute Gasteiger partial charge is 0.496 e. The van der Waals surface area contributed by atoms with Crippen LogP contribution >= 0.6 is 0 Å². The molecule has 0 saturated carbocycles. The van der Waals surface area contributed by atoms with Crippen LogP contribution in [0.2, 0.25) is 0 Å². The summed E-state index contributed by atoms with van der Waals surface area (Å²) in [5.74, 6) is 3.10. The number of methoxy groups -OCH3 is 1. The molecule has 0 amide bonds. The highest BCUT2D eigenvalue weighted by Crippen LogP contribution is 2.25. The van der Waals surface area contributed by atoms with E-state index in [0.717, 1.165) is 61.4 Å². The van der Waals surface area contributed by atoms with Crippen LogP contribution in [0.5, 0.6) is 5.75 Å². The zero-order valence-corrected chi connectivity index (χ0v) is 19.0. The normalized spacial score (nSPS) is 13.8. The molecule has 1 aliphatic rings. The van der Waals surface area contributed by atoms with Gasteiger partial charge in [-0.25, -0.2) is 9.97 Å². The van der Waals surface area contributed by atoms with Gasteiger partial charge in [0, 0.05) is 49.7 Å². The first kappa shape index (κ1) is 20.5. The number of para-hydroxylation sites is 1. The first-order valence-corrected chi connectivity index (χ1v) is 11.1. The van der Waals surface area contributed by atoms with E-state index in [9.17, 15) is 0 Å². The van der Waals surface area contributed by atoms with Crippen molar-refractivity contribution < 1.29 is 4.74 Å². The van der Waals surface area contributed by atoms with Gasteiger partial charge in [-0.2, -0.15) is 0 Å². The molecule has 0 radical (unpaired) electrons. The Labute approximate surface area is 189 Å². The number of rotatable bonds is 6. The van der Waals surface area contributed by atoms with Gasteiger partial charge < -0.3 is 13.9 Å². The molecule has 0 spiro atoms. The minimum atomic E-state index is 0.780. The lowest BCUT2D eigenvalue weighted by Crippen LogP contribution is -2.34. The lowest BCUT2D eigenvalue weighted by atomic mass is 10.1. The Kier molecular flexibility index (Phi) is 5.53. The molecule has 32 heavy (non-hydrogen) atoms. The van der Waals surface area contributed by atoms with E-state index in [1.54, 1.807) is 7.11 Å². The van der Waals surface area contributed by atoms with Gasteiger partial charge in [-0.1, -0.05) is 30.3 Å². The minimum absolute atomic E-state index is 0.780. The second-order valence-corrected chi connectivity index (χ2v) is 8.46. The van der Waals surface area contributed by atoms with E-state index < -0.39 is 0 Å². The number of fused-ring (bicyclic) bond motifs is 1. The third-order valence-electron chi connectivity index (χ3n) is 6.27. The maximum absolute atomic E-state index is 5.54. The smallest absolute Gasteiger partial charge is 0.127 e. The summed E-state index contributed by atoms with van der Waals surface area (Å²) in [6, 6.07) is 16.8. The fourth-order valence-electron chi connectivity index (χ4n) is 4.62. The lowest BCUT2D eigenvalue weighted by Gasteiger charge is -2.29. The van der Waals surface area contributed by atoms with Gasteiger partial charge >= 0.3 is 0 Å². The summed E-state index contributed by atoms with van der Waals surface area (Å²) < 4.78 is 10.1. The molecule has 0 unspecified atom stereocenters. The average molecular weight is 428 g/mol. The molecule has 3 heterocycles. The summed E-state index contributed by atoms with van der Waals surface area (Å²) in [4.78, 5) is 12.1. The van der Waals surface area contributed by atoms with Crippen molar-refractivity contribution in [3.05, 3.63) is 95.1 Å². The van der Waals surface area contributed by atoms with E-state index in [1.165, 1.54) is 16.8 Å². The van der Waals surface area contributed by atoms with Crippen molar-refractivity contribution >= 4 is 0 Å². The van der Waals surface area contributed by atoms with E-state index >= 15 is 0 Å². The van der Waals surface area contributed by atoms with Gasteiger partial charge in [0.25, 0.3) is 0 Å².